The van der Waals surface area contributed by atoms with E-state index in [4.69, 9.17) is 5.11 Å². The maximum Gasteiger partial charge on any atom is 0.307 e. The lowest BCUT2D eigenvalue weighted by atomic mass is 9.72. The number of carboxylic acids is 1. The van der Waals surface area contributed by atoms with Gasteiger partial charge in [-0.2, -0.15) is 0 Å². The molecule has 2 fully saturated rings. The van der Waals surface area contributed by atoms with Crippen LogP contribution in [0, 0.1) is 17.8 Å². The minimum Gasteiger partial charge on any atom is -0.481 e. The molecule has 2 atom stereocenters. The molecule has 1 amide bonds. The van der Waals surface area contributed by atoms with Gasteiger partial charge in [-0.1, -0.05) is 6.42 Å². The zero-order valence-corrected chi connectivity index (χ0v) is 9.69. The largest absolute Gasteiger partial charge is 0.481 e. The second kappa shape index (κ2) is 4.44. The van der Waals surface area contributed by atoms with Gasteiger partial charge in [0.2, 0.25) is 5.91 Å². The summed E-state index contributed by atoms with van der Waals surface area (Å²) in [4.78, 5) is 24.6. The molecule has 4 heteroatoms. The van der Waals surface area contributed by atoms with Gasteiger partial charge in [0.25, 0.3) is 0 Å². The summed E-state index contributed by atoms with van der Waals surface area (Å²) in [5, 5.41) is 8.90. The van der Waals surface area contributed by atoms with Crippen molar-refractivity contribution in [2.45, 2.75) is 32.1 Å². The highest BCUT2D eigenvalue weighted by atomic mass is 16.4. The summed E-state index contributed by atoms with van der Waals surface area (Å²) < 4.78 is 0. The molecule has 0 radical (unpaired) electrons. The molecule has 0 bridgehead atoms. The van der Waals surface area contributed by atoms with Crippen LogP contribution < -0.4 is 0 Å². The fraction of sp³-hybridized carbons (Fsp3) is 0.833. The van der Waals surface area contributed by atoms with Gasteiger partial charge in [-0.3, -0.25) is 9.59 Å². The first-order valence-electron chi connectivity index (χ1n) is 6.07. The molecule has 0 aromatic rings. The predicted octanol–water partition coefficient (Wildman–Crippen LogP) is 1.36. The number of carbonyl (C=O) groups excluding carboxylic acids is 1. The van der Waals surface area contributed by atoms with E-state index in [-0.39, 0.29) is 11.8 Å². The van der Waals surface area contributed by atoms with Crippen molar-refractivity contribution in [2.24, 2.45) is 17.8 Å². The van der Waals surface area contributed by atoms with Crippen LogP contribution in [0.1, 0.15) is 32.1 Å². The quantitative estimate of drug-likeness (QED) is 0.785. The van der Waals surface area contributed by atoms with Gasteiger partial charge in [-0.25, -0.2) is 0 Å². The molecular weight excluding hydrogens is 206 g/mol. The predicted molar refractivity (Wildman–Crippen MR) is 58.8 cm³/mol. The Morgan fingerprint density at radius 3 is 2.19 bits per heavy atom. The van der Waals surface area contributed by atoms with Crippen LogP contribution in [0.15, 0.2) is 0 Å². The lowest BCUT2D eigenvalue weighted by molar-refractivity contribution is -0.156. The molecule has 0 heterocycles. The number of carbonyl (C=O) groups is 2. The molecule has 2 aliphatic carbocycles. The number of aliphatic carboxylic acids is 1. The molecule has 2 saturated carbocycles. The average Bonchev–Trinajstić information content (AvgIpc) is 2.07. The summed E-state index contributed by atoms with van der Waals surface area (Å²) in [6.07, 6.45) is 5.09. The monoisotopic (exact) mass is 225 g/mol. The molecule has 4 nitrogen and oxygen atoms in total. The van der Waals surface area contributed by atoms with Crippen molar-refractivity contribution in [1.82, 2.24) is 4.90 Å². The number of hydrogen-bond acceptors (Lipinski definition) is 2. The second-order valence-electron chi connectivity index (χ2n) is 5.14. The molecule has 2 rings (SSSR count). The molecule has 2 aliphatic rings. The summed E-state index contributed by atoms with van der Waals surface area (Å²) in [5.41, 5.74) is 0. The minimum absolute atomic E-state index is 0.0329. The Balaban J connectivity index is 1.83. The Labute approximate surface area is 95.6 Å². The number of rotatable bonds is 4. The third kappa shape index (κ3) is 2.06. The SMILES string of the molecule is CN(CC1CCC1)C(=O)C1CCC1C(=O)O. The lowest BCUT2D eigenvalue weighted by Gasteiger charge is -2.37. The molecule has 0 aliphatic heterocycles. The normalized spacial score (nSPS) is 29.1. The first-order valence-corrected chi connectivity index (χ1v) is 6.07. The van der Waals surface area contributed by atoms with E-state index in [2.05, 4.69) is 0 Å². The van der Waals surface area contributed by atoms with Gasteiger partial charge in [-0.15, -0.1) is 0 Å². The van der Waals surface area contributed by atoms with Gasteiger partial charge in [0.1, 0.15) is 0 Å². The van der Waals surface area contributed by atoms with Crippen molar-refractivity contribution in [3.05, 3.63) is 0 Å². The lowest BCUT2D eigenvalue weighted by Crippen LogP contribution is -2.46. The van der Waals surface area contributed by atoms with E-state index in [0.29, 0.717) is 12.3 Å². The fourth-order valence-electron chi connectivity index (χ4n) is 2.53. The van der Waals surface area contributed by atoms with Crippen LogP contribution in [0.4, 0.5) is 0 Å². The molecule has 0 saturated heterocycles. The van der Waals surface area contributed by atoms with E-state index in [1.54, 1.807) is 11.9 Å². The van der Waals surface area contributed by atoms with Gasteiger partial charge in [0.15, 0.2) is 0 Å². The Morgan fingerprint density at radius 2 is 1.81 bits per heavy atom. The van der Waals surface area contributed by atoms with Crippen molar-refractivity contribution in [3.8, 4) is 0 Å². The Bertz CT molecular complexity index is 299. The standard InChI is InChI=1S/C12H19NO3/c1-13(7-8-3-2-4-8)11(14)9-5-6-10(9)12(15)16/h8-10H,2-7H2,1H3,(H,15,16). The summed E-state index contributed by atoms with van der Waals surface area (Å²) in [6, 6.07) is 0. The molecular formula is C12H19NO3. The highest BCUT2D eigenvalue weighted by Gasteiger charge is 2.42. The van der Waals surface area contributed by atoms with Gasteiger partial charge in [0, 0.05) is 13.6 Å². The van der Waals surface area contributed by atoms with Gasteiger partial charge >= 0.3 is 5.97 Å². The zero-order valence-electron chi connectivity index (χ0n) is 9.69. The Morgan fingerprint density at radius 1 is 1.19 bits per heavy atom. The van der Waals surface area contributed by atoms with E-state index < -0.39 is 11.9 Å². The topological polar surface area (TPSA) is 57.6 Å². The molecule has 90 valence electrons. The van der Waals surface area contributed by atoms with E-state index in [0.717, 1.165) is 13.0 Å². The summed E-state index contributed by atoms with van der Waals surface area (Å²) in [7, 11) is 1.80. The highest BCUT2D eigenvalue weighted by Crippen LogP contribution is 2.36. The van der Waals surface area contributed by atoms with E-state index in [1.165, 1.54) is 19.3 Å². The van der Waals surface area contributed by atoms with Crippen molar-refractivity contribution >= 4 is 11.9 Å². The smallest absolute Gasteiger partial charge is 0.307 e. The molecule has 0 aromatic heterocycles. The molecule has 0 aromatic carbocycles. The van der Waals surface area contributed by atoms with Gasteiger partial charge in [0.05, 0.1) is 11.8 Å². The average molecular weight is 225 g/mol. The van der Waals surface area contributed by atoms with Crippen molar-refractivity contribution in [2.75, 3.05) is 13.6 Å². The van der Waals surface area contributed by atoms with Crippen molar-refractivity contribution in [1.29, 1.82) is 0 Å². The second-order valence-corrected chi connectivity index (χ2v) is 5.14. The number of carboxylic acid groups (broad SMARTS) is 1. The van der Waals surface area contributed by atoms with Crippen LogP contribution in [0.25, 0.3) is 0 Å². The van der Waals surface area contributed by atoms with Gasteiger partial charge in [-0.05, 0) is 31.6 Å². The summed E-state index contributed by atoms with van der Waals surface area (Å²) >= 11 is 0. The zero-order chi connectivity index (χ0) is 11.7. The minimum atomic E-state index is -0.818. The van der Waals surface area contributed by atoms with Crippen LogP contribution in [0.3, 0.4) is 0 Å². The van der Waals surface area contributed by atoms with Crippen LogP contribution >= 0.6 is 0 Å². The van der Waals surface area contributed by atoms with Crippen LogP contribution in [-0.2, 0) is 9.59 Å². The molecule has 1 N–H and O–H groups in total. The number of hydrogen-bond donors (Lipinski definition) is 1. The molecule has 2 unspecified atom stereocenters. The highest BCUT2D eigenvalue weighted by molar-refractivity contribution is 5.86. The fourth-order valence-corrected chi connectivity index (χ4v) is 2.53. The van der Waals surface area contributed by atoms with E-state index in [9.17, 15) is 9.59 Å². The maximum atomic E-state index is 12.0. The first kappa shape index (κ1) is 11.4. The number of amides is 1. The Hall–Kier alpha value is -1.06. The van der Waals surface area contributed by atoms with Crippen molar-refractivity contribution in [3.63, 3.8) is 0 Å². The van der Waals surface area contributed by atoms with Crippen LogP contribution in [-0.4, -0.2) is 35.5 Å². The molecule has 16 heavy (non-hydrogen) atoms. The first-order chi connectivity index (χ1) is 7.59. The summed E-state index contributed by atoms with van der Waals surface area (Å²) in [6.45, 7) is 0.807. The summed E-state index contributed by atoms with van der Waals surface area (Å²) in [5.74, 6) is -0.830. The third-order valence-corrected chi connectivity index (χ3v) is 4.04. The van der Waals surface area contributed by atoms with Crippen LogP contribution in [0.5, 0.6) is 0 Å². The van der Waals surface area contributed by atoms with E-state index >= 15 is 0 Å². The van der Waals surface area contributed by atoms with Gasteiger partial charge < -0.3 is 10.0 Å². The van der Waals surface area contributed by atoms with Crippen LogP contribution in [0.2, 0.25) is 0 Å². The van der Waals surface area contributed by atoms with E-state index in [1.807, 2.05) is 0 Å². The number of nitrogens with zero attached hydrogens (tertiary/aromatic N) is 1. The third-order valence-electron chi connectivity index (χ3n) is 4.04. The maximum absolute atomic E-state index is 12.0. The Kier molecular flexibility index (Phi) is 3.17. The molecule has 0 spiro atoms. The van der Waals surface area contributed by atoms with Crippen molar-refractivity contribution < 1.29 is 14.7 Å².